The fourth-order valence-electron chi connectivity index (χ4n) is 2.78. The number of ether oxygens (including phenoxy) is 9. The maximum absolute atomic E-state index is 11.2. The van der Waals surface area contributed by atoms with E-state index in [2.05, 4.69) is 0 Å². The lowest BCUT2D eigenvalue weighted by Crippen LogP contribution is -2.15. The van der Waals surface area contributed by atoms with Crippen molar-refractivity contribution in [3.63, 3.8) is 0 Å². The Labute approximate surface area is 228 Å². The zero-order valence-electron chi connectivity index (χ0n) is 22.9. The Morgan fingerprint density at radius 1 is 0.459 bits per heavy atom. The second kappa shape index (κ2) is 33.5. The number of carbonyl (C=O) groups excluding carboxylic acids is 1. The van der Waals surface area contributed by atoms with Gasteiger partial charge in [0.25, 0.3) is 0 Å². The van der Waals surface area contributed by atoms with E-state index in [9.17, 15) is 4.79 Å². The van der Waals surface area contributed by atoms with Crippen LogP contribution >= 0.6 is 11.6 Å². The van der Waals surface area contributed by atoms with Crippen molar-refractivity contribution in [2.75, 3.05) is 118 Å². The second-order valence-corrected chi connectivity index (χ2v) is 8.35. The van der Waals surface area contributed by atoms with Crippen molar-refractivity contribution in [2.45, 2.75) is 45.4 Å². The highest BCUT2D eigenvalue weighted by Gasteiger charge is 2.00. The minimum absolute atomic E-state index is 0.184. The molecule has 0 aromatic carbocycles. The Kier molecular flexibility index (Phi) is 33.0. The van der Waals surface area contributed by atoms with Crippen molar-refractivity contribution < 1.29 is 47.4 Å². The monoisotopic (exact) mass is 558 g/mol. The molecule has 0 atom stereocenters. The van der Waals surface area contributed by atoms with E-state index in [1.54, 1.807) is 0 Å². The van der Waals surface area contributed by atoms with Gasteiger partial charge < -0.3 is 42.6 Å². The summed E-state index contributed by atoms with van der Waals surface area (Å²) in [4.78, 5) is 11.2. The highest BCUT2D eigenvalue weighted by molar-refractivity contribution is 6.17. The Hall–Kier alpha value is -0.560. The molecule has 37 heavy (non-hydrogen) atoms. The van der Waals surface area contributed by atoms with Crippen molar-refractivity contribution in [2.24, 2.45) is 0 Å². The van der Waals surface area contributed by atoms with Crippen molar-refractivity contribution in [1.29, 1.82) is 0 Å². The molecular weight excluding hydrogens is 508 g/mol. The molecule has 0 heterocycles. The Balaban J connectivity index is 3.04. The van der Waals surface area contributed by atoms with Crippen LogP contribution in [0.15, 0.2) is 0 Å². The highest BCUT2D eigenvalue weighted by Crippen LogP contribution is 2.01. The number of rotatable bonds is 32. The molecule has 0 unspecified atom stereocenters. The van der Waals surface area contributed by atoms with Crippen LogP contribution in [-0.2, 0) is 47.4 Å². The number of unbranched alkanes of at least 4 members (excludes halogenated alkanes) is 3. The molecule has 0 radical (unpaired) electrons. The summed E-state index contributed by atoms with van der Waals surface area (Å²) < 4.78 is 48.5. The Morgan fingerprint density at radius 2 is 0.784 bits per heavy atom. The molecule has 11 heteroatoms. The van der Waals surface area contributed by atoms with Gasteiger partial charge in [0.15, 0.2) is 0 Å². The van der Waals surface area contributed by atoms with E-state index in [-0.39, 0.29) is 12.6 Å². The van der Waals surface area contributed by atoms with Gasteiger partial charge in [-0.15, -0.1) is 11.6 Å². The first kappa shape index (κ1) is 36.4. The molecule has 0 aromatic heterocycles. The summed E-state index contributed by atoms with van der Waals surface area (Å²) in [5.41, 5.74) is 0. The molecule has 0 fully saturated rings. The standard InChI is InChI=1S/C26H51ClO10/c1-2-7-26(28)37-25-24-36-23-22-35-21-20-34-19-18-33-17-16-32-15-14-31-13-12-30-11-10-29-9-6-4-3-5-8-27/h2-25H2,1H3. The summed E-state index contributed by atoms with van der Waals surface area (Å²) in [7, 11) is 0. The third kappa shape index (κ3) is 33.4. The molecule has 0 rings (SSSR count). The minimum atomic E-state index is -0.184. The lowest BCUT2D eigenvalue weighted by Gasteiger charge is -2.09. The van der Waals surface area contributed by atoms with E-state index in [4.69, 9.17) is 54.2 Å². The largest absolute Gasteiger partial charge is 0.463 e. The lowest BCUT2D eigenvalue weighted by atomic mass is 10.2. The summed E-state index contributed by atoms with van der Waals surface area (Å²) in [6.07, 6.45) is 5.74. The molecule has 0 aliphatic carbocycles. The smallest absolute Gasteiger partial charge is 0.305 e. The van der Waals surface area contributed by atoms with E-state index >= 15 is 0 Å². The molecule has 0 saturated carbocycles. The zero-order valence-corrected chi connectivity index (χ0v) is 23.7. The SMILES string of the molecule is CCCC(=O)OCCOCCOCCOCCOCCOCCOCCOCCOCCCCCCCl. The molecule has 0 aliphatic rings. The van der Waals surface area contributed by atoms with Gasteiger partial charge in [-0.1, -0.05) is 19.8 Å². The van der Waals surface area contributed by atoms with E-state index in [1.807, 2.05) is 6.92 Å². The van der Waals surface area contributed by atoms with Crippen LogP contribution in [0.2, 0.25) is 0 Å². The van der Waals surface area contributed by atoms with Crippen molar-refractivity contribution >= 4 is 17.6 Å². The average molecular weight is 559 g/mol. The fourth-order valence-corrected chi connectivity index (χ4v) is 2.97. The van der Waals surface area contributed by atoms with E-state index in [1.165, 1.54) is 12.8 Å². The van der Waals surface area contributed by atoms with Crippen LogP contribution in [0.4, 0.5) is 0 Å². The van der Waals surface area contributed by atoms with Gasteiger partial charge in [-0.3, -0.25) is 4.79 Å². The summed E-state index contributed by atoms with van der Waals surface area (Å²) in [5, 5.41) is 0. The van der Waals surface area contributed by atoms with Crippen LogP contribution in [0, 0.1) is 0 Å². The summed E-state index contributed by atoms with van der Waals surface area (Å²) in [5.74, 6) is 0.560. The predicted octanol–water partition coefficient (Wildman–Crippen LogP) is 3.26. The van der Waals surface area contributed by atoms with Gasteiger partial charge in [-0.2, -0.15) is 0 Å². The summed E-state index contributed by atoms with van der Waals surface area (Å²) >= 11 is 5.64. The maximum atomic E-state index is 11.2. The molecule has 10 nitrogen and oxygen atoms in total. The van der Waals surface area contributed by atoms with Gasteiger partial charge in [-0.25, -0.2) is 0 Å². The molecule has 0 aliphatic heterocycles. The van der Waals surface area contributed by atoms with Crippen LogP contribution in [0.25, 0.3) is 0 Å². The quantitative estimate of drug-likeness (QED) is 0.0694. The number of hydrogen-bond donors (Lipinski definition) is 0. The molecule has 0 bridgehead atoms. The molecule has 0 N–H and O–H groups in total. The summed E-state index contributed by atoms with van der Waals surface area (Å²) in [6, 6.07) is 0. The number of esters is 1. The van der Waals surface area contributed by atoms with E-state index in [0.717, 1.165) is 31.7 Å². The maximum Gasteiger partial charge on any atom is 0.305 e. The fraction of sp³-hybridized carbons (Fsp3) is 0.962. The molecule has 0 amide bonds. The van der Waals surface area contributed by atoms with Crippen LogP contribution < -0.4 is 0 Å². The first-order valence-electron chi connectivity index (χ1n) is 13.6. The van der Waals surface area contributed by atoms with Crippen LogP contribution in [-0.4, -0.2) is 124 Å². The van der Waals surface area contributed by atoms with Crippen molar-refractivity contribution in [3.8, 4) is 0 Å². The van der Waals surface area contributed by atoms with E-state index in [0.29, 0.717) is 106 Å². The van der Waals surface area contributed by atoms with Gasteiger partial charge in [0.2, 0.25) is 0 Å². The summed E-state index contributed by atoms with van der Waals surface area (Å²) in [6.45, 7) is 10.7. The number of carbonyl (C=O) groups is 1. The van der Waals surface area contributed by atoms with Crippen LogP contribution in [0.1, 0.15) is 45.4 Å². The van der Waals surface area contributed by atoms with Gasteiger partial charge in [0.1, 0.15) is 6.61 Å². The zero-order chi connectivity index (χ0) is 26.9. The van der Waals surface area contributed by atoms with Crippen molar-refractivity contribution in [3.05, 3.63) is 0 Å². The third-order valence-corrected chi connectivity index (χ3v) is 4.99. The number of alkyl halides is 1. The molecule has 0 aromatic rings. The highest BCUT2D eigenvalue weighted by atomic mass is 35.5. The van der Waals surface area contributed by atoms with Crippen molar-refractivity contribution in [1.82, 2.24) is 0 Å². The third-order valence-electron chi connectivity index (χ3n) is 4.72. The van der Waals surface area contributed by atoms with Gasteiger partial charge in [0.05, 0.1) is 99.1 Å². The van der Waals surface area contributed by atoms with E-state index < -0.39 is 0 Å². The molecule has 0 saturated heterocycles. The van der Waals surface area contributed by atoms with Gasteiger partial charge >= 0.3 is 5.97 Å². The Bertz CT molecular complexity index is 446. The van der Waals surface area contributed by atoms with Gasteiger partial charge in [0, 0.05) is 18.9 Å². The molecule has 0 spiro atoms. The van der Waals surface area contributed by atoms with Crippen LogP contribution in [0.3, 0.4) is 0 Å². The molecular formula is C26H51ClO10. The normalized spacial score (nSPS) is 11.3. The average Bonchev–Trinajstić information content (AvgIpc) is 2.90. The molecule has 222 valence electrons. The number of halogens is 1. The first-order chi connectivity index (χ1) is 18.3. The minimum Gasteiger partial charge on any atom is -0.463 e. The van der Waals surface area contributed by atoms with Crippen LogP contribution in [0.5, 0.6) is 0 Å². The van der Waals surface area contributed by atoms with Gasteiger partial charge in [-0.05, 0) is 19.3 Å². The topological polar surface area (TPSA) is 100 Å². The first-order valence-corrected chi connectivity index (χ1v) is 14.2. The number of hydrogen-bond acceptors (Lipinski definition) is 10. The Morgan fingerprint density at radius 3 is 1.14 bits per heavy atom. The predicted molar refractivity (Wildman–Crippen MR) is 142 cm³/mol. The lowest BCUT2D eigenvalue weighted by molar-refractivity contribution is -0.145. The second-order valence-electron chi connectivity index (χ2n) is 7.97.